The molecule has 0 saturated heterocycles. The summed E-state index contributed by atoms with van der Waals surface area (Å²) in [5.74, 6) is 0. The number of rotatable bonds is 2. The fraction of sp³-hybridized carbons (Fsp3) is 0.571. The van der Waals surface area contributed by atoms with Crippen LogP contribution in [0.3, 0.4) is 0 Å². The highest BCUT2D eigenvalue weighted by Crippen LogP contribution is 2.08. The molecular weight excluding hydrogens is 174 g/mol. The van der Waals surface area contributed by atoms with Gasteiger partial charge in [-0.3, -0.25) is 5.32 Å². The van der Waals surface area contributed by atoms with Crippen molar-refractivity contribution in [3.05, 3.63) is 26.7 Å². The minimum Gasteiger partial charge on any atom is -0.356 e. The van der Waals surface area contributed by atoms with Gasteiger partial charge in [0, 0.05) is 6.42 Å². The molecule has 1 heterocycles. The standard InChI is InChI=1S/C7H12N2.NO3/c1-3-6-7(4-2)9-5-8-6;2-1(3)4/h5H,3-4H2,1-2H3,(H,8,9);/q;-1/p+1. The lowest BCUT2D eigenvalue weighted by Gasteiger charge is -1.92. The molecule has 1 rings (SSSR count). The predicted octanol–water partition coefficient (Wildman–Crippen LogP) is 0.384. The molecule has 0 aromatic rings. The van der Waals surface area contributed by atoms with Crippen molar-refractivity contribution >= 4 is 6.34 Å². The van der Waals surface area contributed by atoms with Crippen molar-refractivity contribution in [1.82, 2.24) is 0 Å². The molecule has 6 heteroatoms. The van der Waals surface area contributed by atoms with E-state index < -0.39 is 5.09 Å². The molecule has 0 aromatic heterocycles. The number of allylic oxidation sites excluding steroid dienone is 2. The fourth-order valence-electron chi connectivity index (χ4n) is 1.04. The smallest absolute Gasteiger partial charge is 0.191 e. The van der Waals surface area contributed by atoms with Crippen LogP contribution >= 0.6 is 0 Å². The van der Waals surface area contributed by atoms with Gasteiger partial charge in [0.2, 0.25) is 0 Å². The van der Waals surface area contributed by atoms with Crippen LogP contribution in [0.25, 0.3) is 0 Å². The van der Waals surface area contributed by atoms with Crippen LogP contribution in [0.1, 0.15) is 26.7 Å². The summed E-state index contributed by atoms with van der Waals surface area (Å²) in [6.45, 7) is 4.30. The molecule has 0 radical (unpaired) electrons. The second-order valence-corrected chi connectivity index (χ2v) is 2.35. The minimum absolute atomic E-state index is 1.07. The first-order valence-corrected chi connectivity index (χ1v) is 4.02. The van der Waals surface area contributed by atoms with Gasteiger partial charge in [0.25, 0.3) is 0 Å². The van der Waals surface area contributed by atoms with E-state index in [1.807, 2.05) is 6.34 Å². The molecule has 0 fully saturated rings. The molecule has 1 aliphatic heterocycles. The third-order valence-corrected chi connectivity index (χ3v) is 1.59. The molecule has 0 unspecified atom stereocenters. The summed E-state index contributed by atoms with van der Waals surface area (Å²) < 4.78 is 0. The van der Waals surface area contributed by atoms with Gasteiger partial charge in [-0.25, -0.2) is 4.99 Å². The first-order chi connectivity index (χ1) is 6.11. The van der Waals surface area contributed by atoms with Crippen LogP contribution in [0, 0.1) is 15.3 Å². The zero-order chi connectivity index (χ0) is 10.3. The zero-order valence-corrected chi connectivity index (χ0v) is 7.69. The van der Waals surface area contributed by atoms with E-state index >= 15 is 0 Å². The van der Waals surface area contributed by atoms with E-state index in [0.717, 1.165) is 12.8 Å². The van der Waals surface area contributed by atoms with Crippen LogP contribution < -0.4 is 5.32 Å². The van der Waals surface area contributed by atoms with Crippen molar-refractivity contribution in [2.45, 2.75) is 26.7 Å². The molecule has 0 saturated carbocycles. The number of nitrogens with zero attached hydrogens (tertiary/aromatic N) is 2. The van der Waals surface area contributed by atoms with Gasteiger partial charge in [0.1, 0.15) is 11.4 Å². The third-order valence-electron chi connectivity index (χ3n) is 1.59. The van der Waals surface area contributed by atoms with E-state index in [-0.39, 0.29) is 0 Å². The van der Waals surface area contributed by atoms with Crippen LogP contribution in [0.15, 0.2) is 16.4 Å². The number of hydrogen-bond donors (Lipinski definition) is 1. The maximum Gasteiger partial charge on any atom is 0.191 e. The molecule has 1 aliphatic rings. The monoisotopic (exact) mass is 187 g/mol. The number of nitrogens with two attached hydrogens (primary N) is 1. The molecule has 6 nitrogen and oxygen atoms in total. The molecule has 13 heavy (non-hydrogen) atoms. The van der Waals surface area contributed by atoms with Gasteiger partial charge in [-0.05, 0) is 6.42 Å². The maximum atomic E-state index is 8.25. The Hall–Kier alpha value is -1.43. The van der Waals surface area contributed by atoms with Crippen molar-refractivity contribution in [1.29, 1.82) is 0 Å². The third kappa shape index (κ3) is 4.91. The van der Waals surface area contributed by atoms with Gasteiger partial charge in [-0.2, -0.15) is 0 Å². The average Bonchev–Trinajstić information content (AvgIpc) is 2.49. The summed E-state index contributed by atoms with van der Waals surface area (Å²) >= 11 is 0. The van der Waals surface area contributed by atoms with Crippen molar-refractivity contribution in [2.24, 2.45) is 4.99 Å². The summed E-state index contributed by atoms with van der Waals surface area (Å²) in [6.07, 6.45) is 4.07. The van der Waals surface area contributed by atoms with Crippen LogP contribution in [-0.2, 0) is 0 Å². The van der Waals surface area contributed by atoms with E-state index in [2.05, 4.69) is 24.2 Å². The Labute approximate surface area is 76.1 Å². The number of quaternary nitrogens is 1. The Morgan fingerprint density at radius 2 is 2.00 bits per heavy atom. The molecule has 2 N–H and O–H groups in total. The SMILES string of the molecule is CCC1=C(CC)[NH2+]C=N1.O=[N+]([O-])[O-]. The summed E-state index contributed by atoms with van der Waals surface area (Å²) in [6, 6.07) is 0. The number of aliphatic imine (C=N–C) groups is 1. The molecular formula is C7H13N3O3. The molecule has 0 aliphatic carbocycles. The number of hydrogen-bond acceptors (Lipinski definition) is 4. The summed E-state index contributed by atoms with van der Waals surface area (Å²) in [5.41, 5.74) is 2.66. The van der Waals surface area contributed by atoms with Crippen molar-refractivity contribution in [2.75, 3.05) is 0 Å². The van der Waals surface area contributed by atoms with Gasteiger partial charge in [-0.1, -0.05) is 13.8 Å². The highest BCUT2D eigenvalue weighted by Gasteiger charge is 2.09. The Kier molecular flexibility index (Phi) is 5.45. The lowest BCUT2D eigenvalue weighted by Crippen LogP contribution is -2.78. The van der Waals surface area contributed by atoms with Crippen LogP contribution in [0.4, 0.5) is 0 Å². The Morgan fingerprint density at radius 1 is 1.46 bits per heavy atom. The molecule has 0 bridgehead atoms. The zero-order valence-electron chi connectivity index (χ0n) is 7.69. The minimum atomic E-state index is -1.75. The van der Waals surface area contributed by atoms with Crippen molar-refractivity contribution in [3.8, 4) is 0 Å². The van der Waals surface area contributed by atoms with E-state index in [9.17, 15) is 0 Å². The first-order valence-electron chi connectivity index (χ1n) is 4.02. The average molecular weight is 187 g/mol. The second-order valence-electron chi connectivity index (χ2n) is 2.35. The van der Waals surface area contributed by atoms with Gasteiger partial charge >= 0.3 is 0 Å². The van der Waals surface area contributed by atoms with E-state index in [1.54, 1.807) is 0 Å². The van der Waals surface area contributed by atoms with E-state index in [1.165, 1.54) is 11.4 Å². The van der Waals surface area contributed by atoms with Gasteiger partial charge in [0.15, 0.2) is 6.34 Å². The van der Waals surface area contributed by atoms with Gasteiger partial charge < -0.3 is 15.3 Å². The topological polar surface area (TPSA) is 95.2 Å². The van der Waals surface area contributed by atoms with Crippen molar-refractivity contribution in [3.63, 3.8) is 0 Å². The lowest BCUT2D eigenvalue weighted by molar-refractivity contribution is -0.473. The summed E-state index contributed by atoms with van der Waals surface area (Å²) in [5, 5.41) is 16.8. The highest BCUT2D eigenvalue weighted by atomic mass is 16.9. The van der Waals surface area contributed by atoms with Crippen LogP contribution in [-0.4, -0.2) is 11.4 Å². The Balaban J connectivity index is 0.000000310. The quantitative estimate of drug-likeness (QED) is 0.500. The largest absolute Gasteiger partial charge is 0.356 e. The maximum absolute atomic E-state index is 8.25. The van der Waals surface area contributed by atoms with E-state index in [4.69, 9.17) is 15.3 Å². The normalized spacial score (nSPS) is 14.0. The fourth-order valence-corrected chi connectivity index (χ4v) is 1.04. The van der Waals surface area contributed by atoms with Crippen molar-refractivity contribution < 1.29 is 10.4 Å². The van der Waals surface area contributed by atoms with Crippen LogP contribution in [0.2, 0.25) is 0 Å². The van der Waals surface area contributed by atoms with Crippen LogP contribution in [0.5, 0.6) is 0 Å². The van der Waals surface area contributed by atoms with E-state index in [0.29, 0.717) is 0 Å². The van der Waals surface area contributed by atoms with Gasteiger partial charge in [-0.15, -0.1) is 0 Å². The van der Waals surface area contributed by atoms with Gasteiger partial charge in [0.05, 0.1) is 5.09 Å². The molecule has 0 spiro atoms. The second kappa shape index (κ2) is 6.13. The lowest BCUT2D eigenvalue weighted by atomic mass is 10.2. The molecule has 0 amide bonds. The summed E-state index contributed by atoms with van der Waals surface area (Å²) in [4.78, 5) is 12.5. The Bertz CT molecular complexity index is 231. The predicted molar refractivity (Wildman–Crippen MR) is 48.4 cm³/mol. The highest BCUT2D eigenvalue weighted by molar-refractivity contribution is 5.49. The molecule has 74 valence electrons. The summed E-state index contributed by atoms with van der Waals surface area (Å²) in [7, 11) is 0. The first kappa shape index (κ1) is 11.6. The molecule has 0 aromatic carbocycles. The Morgan fingerprint density at radius 3 is 2.31 bits per heavy atom. The molecule has 0 atom stereocenters.